The number of rotatable bonds is 9. The molecule has 198 valence electrons. The van der Waals surface area contributed by atoms with Gasteiger partial charge in [0, 0.05) is 12.2 Å². The number of hydrogen-bond acceptors (Lipinski definition) is 6. The molecule has 4 aliphatic carbocycles. The SMILES string of the molecule is COC(=O)NC(C)(C)/C=C/n1ncc(C(=O)N[C@H]2C3CC4CC2C[C@](C(=O)O)(C4)C3)c1OCC(C)C. The van der Waals surface area contributed by atoms with Crippen LogP contribution in [0.1, 0.15) is 70.2 Å². The summed E-state index contributed by atoms with van der Waals surface area (Å²) in [7, 11) is 1.30. The molecular formula is C26H38N4O6. The van der Waals surface area contributed by atoms with Crippen LogP contribution in [0.4, 0.5) is 4.79 Å². The van der Waals surface area contributed by atoms with E-state index in [2.05, 4.69) is 20.5 Å². The number of hydrogen-bond donors (Lipinski definition) is 3. The maximum absolute atomic E-state index is 13.5. The third-order valence-corrected chi connectivity index (χ3v) is 7.81. The van der Waals surface area contributed by atoms with Gasteiger partial charge in [0.1, 0.15) is 5.56 Å². The van der Waals surface area contributed by atoms with Crippen LogP contribution in [0.3, 0.4) is 0 Å². The highest BCUT2D eigenvalue weighted by atomic mass is 16.5. The second-order valence-corrected chi connectivity index (χ2v) is 11.7. The van der Waals surface area contributed by atoms with Crippen molar-refractivity contribution in [1.82, 2.24) is 20.4 Å². The lowest BCUT2D eigenvalue weighted by Gasteiger charge is -2.58. The maximum Gasteiger partial charge on any atom is 0.407 e. The molecule has 10 nitrogen and oxygen atoms in total. The zero-order valence-corrected chi connectivity index (χ0v) is 21.7. The molecule has 0 aliphatic heterocycles. The molecule has 3 N–H and O–H groups in total. The van der Waals surface area contributed by atoms with Crippen molar-refractivity contribution in [2.45, 2.75) is 71.4 Å². The third kappa shape index (κ3) is 5.22. The van der Waals surface area contributed by atoms with Crippen molar-refractivity contribution in [1.29, 1.82) is 0 Å². The number of nitrogens with one attached hydrogen (secondary N) is 2. The summed E-state index contributed by atoms with van der Waals surface area (Å²) >= 11 is 0. The average molecular weight is 503 g/mol. The molecule has 1 aromatic heterocycles. The Morgan fingerprint density at radius 2 is 1.92 bits per heavy atom. The Morgan fingerprint density at radius 1 is 1.25 bits per heavy atom. The number of aromatic nitrogens is 2. The van der Waals surface area contributed by atoms with E-state index >= 15 is 0 Å². The molecule has 10 heteroatoms. The Morgan fingerprint density at radius 3 is 2.50 bits per heavy atom. The smallest absolute Gasteiger partial charge is 0.407 e. The van der Waals surface area contributed by atoms with Gasteiger partial charge in [-0.1, -0.05) is 13.8 Å². The first-order valence-electron chi connectivity index (χ1n) is 12.7. The second-order valence-electron chi connectivity index (χ2n) is 11.7. The fourth-order valence-electron chi connectivity index (χ4n) is 6.37. The number of methoxy groups -OCH3 is 1. The number of carbonyl (C=O) groups excluding carboxylic acids is 2. The summed E-state index contributed by atoms with van der Waals surface area (Å²) in [4.78, 5) is 37.1. The minimum Gasteiger partial charge on any atom is -0.481 e. The summed E-state index contributed by atoms with van der Waals surface area (Å²) in [5.74, 6) is 0.412. The van der Waals surface area contributed by atoms with Crippen molar-refractivity contribution >= 4 is 24.2 Å². The summed E-state index contributed by atoms with van der Waals surface area (Å²) in [5, 5.41) is 20.2. The van der Waals surface area contributed by atoms with Crippen LogP contribution >= 0.6 is 0 Å². The first-order valence-corrected chi connectivity index (χ1v) is 12.7. The van der Waals surface area contributed by atoms with E-state index in [1.54, 1.807) is 12.3 Å². The molecule has 36 heavy (non-hydrogen) atoms. The fourth-order valence-corrected chi connectivity index (χ4v) is 6.37. The number of carboxylic acids is 1. The quantitative estimate of drug-likeness (QED) is 0.471. The molecule has 4 bridgehead atoms. The first kappa shape index (κ1) is 26.0. The van der Waals surface area contributed by atoms with E-state index in [9.17, 15) is 19.5 Å². The van der Waals surface area contributed by atoms with Gasteiger partial charge in [0.15, 0.2) is 0 Å². The molecule has 2 amide bonds. The molecule has 4 saturated carbocycles. The summed E-state index contributed by atoms with van der Waals surface area (Å²) in [6.45, 7) is 8.06. The van der Waals surface area contributed by atoms with Crippen LogP contribution in [-0.2, 0) is 9.53 Å². The van der Waals surface area contributed by atoms with Gasteiger partial charge in [-0.15, -0.1) is 0 Å². The maximum atomic E-state index is 13.5. The zero-order valence-electron chi connectivity index (χ0n) is 21.7. The van der Waals surface area contributed by atoms with E-state index in [4.69, 9.17) is 4.74 Å². The van der Waals surface area contributed by atoms with Crippen LogP contribution in [0.2, 0.25) is 0 Å². The van der Waals surface area contributed by atoms with Crippen LogP contribution in [0.5, 0.6) is 5.88 Å². The van der Waals surface area contributed by atoms with Gasteiger partial charge in [-0.25, -0.2) is 9.48 Å². The Bertz CT molecular complexity index is 1030. The summed E-state index contributed by atoms with van der Waals surface area (Å²) in [6, 6.07) is -0.0402. The fraction of sp³-hybridized carbons (Fsp3) is 0.692. The van der Waals surface area contributed by atoms with Gasteiger partial charge in [0.2, 0.25) is 5.88 Å². The van der Waals surface area contributed by atoms with E-state index in [1.165, 1.54) is 18.0 Å². The summed E-state index contributed by atoms with van der Waals surface area (Å²) in [5.41, 5.74) is -1.01. The average Bonchev–Trinajstić information content (AvgIpc) is 3.20. The van der Waals surface area contributed by atoms with Crippen LogP contribution in [-0.4, -0.2) is 58.2 Å². The van der Waals surface area contributed by atoms with Gasteiger partial charge in [0.25, 0.3) is 5.91 Å². The molecule has 2 unspecified atom stereocenters. The molecule has 2 atom stereocenters. The molecule has 0 saturated heterocycles. The van der Waals surface area contributed by atoms with Gasteiger partial charge < -0.3 is 25.2 Å². The molecule has 0 aromatic carbocycles. The van der Waals surface area contributed by atoms with Crippen LogP contribution in [0, 0.1) is 29.1 Å². The van der Waals surface area contributed by atoms with Gasteiger partial charge in [-0.2, -0.15) is 5.10 Å². The highest BCUT2D eigenvalue weighted by Gasteiger charge is 2.59. The second kappa shape index (κ2) is 9.78. The van der Waals surface area contributed by atoms with Gasteiger partial charge in [0.05, 0.1) is 30.9 Å². The highest BCUT2D eigenvalue weighted by Crippen LogP contribution is 2.60. The Balaban J connectivity index is 1.53. The molecule has 4 aliphatic rings. The number of nitrogens with zero attached hydrogens (tertiary/aromatic N) is 2. The van der Waals surface area contributed by atoms with E-state index in [1.807, 2.05) is 27.7 Å². The monoisotopic (exact) mass is 502 g/mol. The number of alkyl carbamates (subject to hydrolysis) is 1. The van der Waals surface area contributed by atoms with Crippen molar-refractivity contribution in [3.63, 3.8) is 0 Å². The lowest BCUT2D eigenvalue weighted by Crippen LogP contribution is -2.61. The normalized spacial score (nSPS) is 28.9. The largest absolute Gasteiger partial charge is 0.481 e. The zero-order chi connectivity index (χ0) is 26.3. The van der Waals surface area contributed by atoms with Crippen molar-refractivity contribution in [3.05, 3.63) is 17.8 Å². The van der Waals surface area contributed by atoms with E-state index in [-0.39, 0.29) is 29.7 Å². The van der Waals surface area contributed by atoms with E-state index in [0.717, 1.165) is 19.3 Å². The van der Waals surface area contributed by atoms with Crippen molar-refractivity contribution < 1.29 is 29.0 Å². The number of aliphatic carboxylic acids is 1. The molecule has 0 spiro atoms. The Kier molecular flexibility index (Phi) is 7.07. The Hall–Kier alpha value is -3.04. The predicted octanol–water partition coefficient (Wildman–Crippen LogP) is 3.53. The lowest BCUT2D eigenvalue weighted by molar-refractivity contribution is -0.166. The number of carboxylic acid groups (broad SMARTS) is 1. The van der Waals surface area contributed by atoms with Crippen LogP contribution in [0.25, 0.3) is 6.20 Å². The third-order valence-electron chi connectivity index (χ3n) is 7.81. The molecule has 1 heterocycles. The highest BCUT2D eigenvalue weighted by molar-refractivity contribution is 5.96. The van der Waals surface area contributed by atoms with Crippen molar-refractivity contribution in [3.8, 4) is 5.88 Å². The first-order chi connectivity index (χ1) is 16.9. The number of amides is 2. The van der Waals surface area contributed by atoms with Gasteiger partial charge >= 0.3 is 12.1 Å². The number of ether oxygens (including phenoxy) is 2. The summed E-state index contributed by atoms with van der Waals surface area (Å²) < 4.78 is 12.2. The molecule has 0 radical (unpaired) electrons. The summed E-state index contributed by atoms with van der Waals surface area (Å²) in [6.07, 6.45) is 8.29. The van der Waals surface area contributed by atoms with E-state index < -0.39 is 23.0 Å². The standard InChI is InChI=1S/C26H38N4O6/c1-15(2)14-36-22-19(13-27-30(22)7-6-25(3,4)29-24(34)35-5)21(31)28-20-17-8-16-9-18(20)12-26(10-16,11-17)23(32)33/h6-7,13,15-18,20H,8-12,14H2,1-5H3,(H,28,31)(H,29,34)(H,32,33)/b7-6+/t16?,17?,18?,20-,26-. The topological polar surface area (TPSA) is 132 Å². The Labute approximate surface area is 211 Å². The molecule has 4 fully saturated rings. The molecule has 5 rings (SSSR count). The predicted molar refractivity (Wildman–Crippen MR) is 132 cm³/mol. The molecular weight excluding hydrogens is 464 g/mol. The molecule has 1 aromatic rings. The number of carbonyl (C=O) groups is 3. The minimum absolute atomic E-state index is 0.0402. The van der Waals surface area contributed by atoms with Crippen LogP contribution < -0.4 is 15.4 Å². The van der Waals surface area contributed by atoms with Crippen molar-refractivity contribution in [2.24, 2.45) is 29.1 Å². The minimum atomic E-state index is -0.725. The van der Waals surface area contributed by atoms with E-state index in [0.29, 0.717) is 36.8 Å². The van der Waals surface area contributed by atoms with Gasteiger partial charge in [-0.3, -0.25) is 9.59 Å². The van der Waals surface area contributed by atoms with Gasteiger partial charge in [-0.05, 0) is 75.7 Å². The van der Waals surface area contributed by atoms with Crippen LogP contribution in [0.15, 0.2) is 12.3 Å². The van der Waals surface area contributed by atoms with Crippen molar-refractivity contribution in [2.75, 3.05) is 13.7 Å². The lowest BCUT2D eigenvalue weighted by atomic mass is 9.48.